The van der Waals surface area contributed by atoms with Crippen molar-refractivity contribution in [1.29, 1.82) is 0 Å². The molecule has 0 aliphatic carbocycles. The van der Waals surface area contributed by atoms with Gasteiger partial charge in [-0.3, -0.25) is 4.31 Å². The summed E-state index contributed by atoms with van der Waals surface area (Å²) in [5.74, 6) is 0. The lowest BCUT2D eigenvalue weighted by atomic mass is 9.97. The Kier molecular flexibility index (Phi) is 3.78. The maximum atomic E-state index is 13.3. The predicted octanol–water partition coefficient (Wildman–Crippen LogP) is 4.82. The van der Waals surface area contributed by atoms with E-state index >= 15 is 0 Å². The molecule has 2 heterocycles. The molecule has 1 aromatic heterocycles. The van der Waals surface area contributed by atoms with Crippen molar-refractivity contribution in [3.8, 4) is 0 Å². The lowest BCUT2D eigenvalue weighted by Crippen LogP contribution is -2.29. The fourth-order valence-electron chi connectivity index (χ4n) is 3.25. The first-order chi connectivity index (χ1) is 12.0. The number of rotatable bonds is 3. The van der Waals surface area contributed by atoms with E-state index in [1.54, 1.807) is 17.5 Å². The van der Waals surface area contributed by atoms with Gasteiger partial charge >= 0.3 is 0 Å². The van der Waals surface area contributed by atoms with Crippen LogP contribution in [0.2, 0.25) is 0 Å². The summed E-state index contributed by atoms with van der Waals surface area (Å²) in [5, 5.41) is 1.78. The Hall–Kier alpha value is -2.37. The van der Waals surface area contributed by atoms with Gasteiger partial charge in [-0.25, -0.2) is 8.42 Å². The second kappa shape index (κ2) is 5.86. The molecule has 25 heavy (non-hydrogen) atoms. The molecule has 0 amide bonds. The summed E-state index contributed by atoms with van der Waals surface area (Å²) in [6.07, 6.45) is 0. The van der Waals surface area contributed by atoms with E-state index in [9.17, 15) is 8.42 Å². The van der Waals surface area contributed by atoms with Crippen molar-refractivity contribution in [1.82, 2.24) is 4.31 Å². The van der Waals surface area contributed by atoms with Crippen LogP contribution < -0.4 is 0 Å². The van der Waals surface area contributed by atoms with Crippen LogP contribution in [-0.4, -0.2) is 12.7 Å². The van der Waals surface area contributed by atoms with Gasteiger partial charge in [0.15, 0.2) is 0 Å². The summed E-state index contributed by atoms with van der Waals surface area (Å²) in [7, 11) is -3.67. The molecule has 5 heteroatoms. The van der Waals surface area contributed by atoms with Crippen LogP contribution >= 0.6 is 11.3 Å². The molecule has 3 nitrogen and oxygen atoms in total. The summed E-state index contributed by atoms with van der Waals surface area (Å²) < 4.78 is 28.4. The number of thiophene rings is 1. The topological polar surface area (TPSA) is 37.4 Å². The first-order valence-electron chi connectivity index (χ1n) is 7.93. The SMILES string of the molecule is C=C1c2ccccc2C(c2ccc(C)cc2)N1S(=O)(=O)c1cccs1. The molecule has 0 spiro atoms. The van der Waals surface area contributed by atoms with Crippen molar-refractivity contribution in [3.63, 3.8) is 0 Å². The smallest absolute Gasteiger partial charge is 0.254 e. The van der Waals surface area contributed by atoms with Gasteiger partial charge in [0.25, 0.3) is 10.0 Å². The zero-order chi connectivity index (χ0) is 17.6. The number of benzene rings is 2. The summed E-state index contributed by atoms with van der Waals surface area (Å²) in [5.41, 5.74) is 4.46. The lowest BCUT2D eigenvalue weighted by molar-refractivity contribution is 0.483. The molecule has 126 valence electrons. The van der Waals surface area contributed by atoms with Gasteiger partial charge in [-0.1, -0.05) is 66.7 Å². The molecule has 4 rings (SSSR count). The summed E-state index contributed by atoms with van der Waals surface area (Å²) in [6, 6.07) is 18.8. The van der Waals surface area contributed by atoms with Crippen LogP contribution in [0.25, 0.3) is 5.70 Å². The van der Waals surface area contributed by atoms with Crippen LogP contribution in [0.3, 0.4) is 0 Å². The minimum atomic E-state index is -3.67. The Labute approximate surface area is 151 Å². The minimum Gasteiger partial charge on any atom is -0.254 e. The molecule has 1 unspecified atom stereocenters. The molecule has 1 aliphatic rings. The number of aryl methyl sites for hydroxylation is 1. The van der Waals surface area contributed by atoms with E-state index in [0.29, 0.717) is 9.91 Å². The number of hydrogen-bond donors (Lipinski definition) is 0. The summed E-state index contributed by atoms with van der Waals surface area (Å²) >= 11 is 1.23. The van der Waals surface area contributed by atoms with Crippen molar-refractivity contribution in [3.05, 3.63) is 94.9 Å². The highest BCUT2D eigenvalue weighted by Crippen LogP contribution is 2.47. The predicted molar refractivity (Wildman–Crippen MR) is 102 cm³/mol. The van der Waals surface area contributed by atoms with E-state index in [2.05, 4.69) is 6.58 Å². The highest BCUT2D eigenvalue weighted by Gasteiger charge is 2.41. The highest BCUT2D eigenvalue weighted by molar-refractivity contribution is 7.91. The zero-order valence-corrected chi connectivity index (χ0v) is 15.3. The molecule has 1 aliphatic heterocycles. The van der Waals surface area contributed by atoms with Crippen molar-refractivity contribution in [2.45, 2.75) is 17.2 Å². The van der Waals surface area contributed by atoms with Gasteiger partial charge in [0, 0.05) is 5.56 Å². The third kappa shape index (κ3) is 2.51. The third-order valence-corrected chi connectivity index (χ3v) is 7.64. The Morgan fingerprint density at radius 3 is 2.40 bits per heavy atom. The molecule has 2 aromatic carbocycles. The standard InChI is InChI=1S/C20H17NO2S2/c1-14-9-11-16(12-10-14)20-18-7-4-3-6-17(18)15(2)21(20)25(22,23)19-8-5-13-24-19/h3-13,20H,2H2,1H3. The van der Waals surface area contributed by atoms with Gasteiger partial charge in [0.1, 0.15) is 4.21 Å². The molecule has 0 radical (unpaired) electrons. The Morgan fingerprint density at radius 2 is 1.72 bits per heavy atom. The van der Waals surface area contributed by atoms with Crippen LogP contribution in [0.15, 0.2) is 76.8 Å². The Balaban J connectivity index is 1.93. The van der Waals surface area contributed by atoms with Crippen molar-refractivity contribution < 1.29 is 8.42 Å². The first kappa shape index (κ1) is 16.1. The van der Waals surface area contributed by atoms with Crippen LogP contribution in [0, 0.1) is 6.92 Å². The van der Waals surface area contributed by atoms with E-state index in [1.807, 2.05) is 55.5 Å². The van der Waals surface area contributed by atoms with Crippen molar-refractivity contribution in [2.24, 2.45) is 0 Å². The van der Waals surface area contributed by atoms with Crippen molar-refractivity contribution >= 4 is 27.1 Å². The quantitative estimate of drug-likeness (QED) is 0.665. The Morgan fingerprint density at radius 1 is 1.00 bits per heavy atom. The molecule has 3 aromatic rings. The second-order valence-electron chi connectivity index (χ2n) is 6.08. The van der Waals surface area contributed by atoms with Crippen molar-refractivity contribution in [2.75, 3.05) is 0 Å². The molecular formula is C20H17NO2S2. The molecular weight excluding hydrogens is 350 g/mol. The average molecular weight is 367 g/mol. The number of nitrogens with zero attached hydrogens (tertiary/aromatic N) is 1. The fraction of sp³-hybridized carbons (Fsp3) is 0.100. The maximum Gasteiger partial charge on any atom is 0.274 e. The van der Waals surface area contributed by atoms with Gasteiger partial charge < -0.3 is 0 Å². The van der Waals surface area contributed by atoms with E-state index in [0.717, 1.165) is 22.3 Å². The molecule has 0 saturated heterocycles. The van der Waals surface area contributed by atoms with E-state index in [4.69, 9.17) is 0 Å². The molecule has 0 fully saturated rings. The molecule has 1 atom stereocenters. The van der Waals surface area contributed by atoms with Gasteiger partial charge in [0.2, 0.25) is 0 Å². The van der Waals surface area contributed by atoms with Crippen LogP contribution in [0.4, 0.5) is 0 Å². The highest BCUT2D eigenvalue weighted by atomic mass is 32.2. The second-order valence-corrected chi connectivity index (χ2v) is 9.07. The van der Waals surface area contributed by atoms with Gasteiger partial charge in [-0.05, 0) is 29.5 Å². The normalized spacial score (nSPS) is 16.9. The minimum absolute atomic E-state index is 0.332. The maximum absolute atomic E-state index is 13.3. The Bertz CT molecular complexity index is 1040. The molecule has 0 bridgehead atoms. The first-order valence-corrected chi connectivity index (χ1v) is 10.2. The largest absolute Gasteiger partial charge is 0.274 e. The van der Waals surface area contributed by atoms with Gasteiger partial charge in [-0.15, -0.1) is 11.3 Å². The summed E-state index contributed by atoms with van der Waals surface area (Å²) in [4.78, 5) is 0. The van der Waals surface area contributed by atoms with Crippen LogP contribution in [0.1, 0.15) is 28.3 Å². The lowest BCUT2D eigenvalue weighted by Gasteiger charge is -2.27. The zero-order valence-electron chi connectivity index (χ0n) is 13.7. The molecule has 0 saturated carbocycles. The van der Waals surface area contributed by atoms with E-state index < -0.39 is 16.1 Å². The van der Waals surface area contributed by atoms with Gasteiger partial charge in [-0.2, -0.15) is 0 Å². The van der Waals surface area contributed by atoms with Crippen LogP contribution in [-0.2, 0) is 10.0 Å². The monoisotopic (exact) mass is 367 g/mol. The number of hydrogen-bond acceptors (Lipinski definition) is 3. The fourth-order valence-corrected chi connectivity index (χ4v) is 5.94. The van der Waals surface area contributed by atoms with E-state index in [1.165, 1.54) is 15.6 Å². The average Bonchev–Trinajstić information content (AvgIpc) is 3.24. The van der Waals surface area contributed by atoms with Gasteiger partial charge in [0.05, 0.1) is 11.7 Å². The number of sulfonamides is 1. The molecule has 0 N–H and O–H groups in total. The third-order valence-electron chi connectivity index (χ3n) is 4.47. The van der Waals surface area contributed by atoms with Crippen LogP contribution in [0.5, 0.6) is 0 Å². The summed E-state index contributed by atoms with van der Waals surface area (Å²) in [6.45, 7) is 6.12. The van der Waals surface area contributed by atoms with E-state index in [-0.39, 0.29) is 0 Å². The number of fused-ring (bicyclic) bond motifs is 1.